The minimum atomic E-state index is -0.948. The molecule has 1 aromatic rings. The second-order valence-corrected chi connectivity index (χ2v) is 10.6. The van der Waals surface area contributed by atoms with Crippen molar-refractivity contribution in [3.05, 3.63) is 42.0 Å². The summed E-state index contributed by atoms with van der Waals surface area (Å²) in [5.41, 5.74) is 0.823. The number of rotatable bonds is 14. The van der Waals surface area contributed by atoms with Gasteiger partial charge in [-0.3, -0.25) is 9.59 Å². The van der Waals surface area contributed by atoms with Gasteiger partial charge in [0.15, 0.2) is 0 Å². The van der Waals surface area contributed by atoms with E-state index in [1.54, 1.807) is 31.7 Å². The van der Waals surface area contributed by atoms with Crippen LogP contribution < -0.4 is 10.6 Å². The van der Waals surface area contributed by atoms with Crippen molar-refractivity contribution < 1.29 is 19.1 Å². The summed E-state index contributed by atoms with van der Waals surface area (Å²) in [6.07, 6.45) is 5.97. The van der Waals surface area contributed by atoms with E-state index in [9.17, 15) is 14.4 Å². The summed E-state index contributed by atoms with van der Waals surface area (Å²) in [7, 11) is 0. The highest BCUT2D eigenvalue weighted by Crippen LogP contribution is 2.25. The predicted molar refractivity (Wildman–Crippen MR) is 150 cm³/mol. The number of benzene rings is 1. The van der Waals surface area contributed by atoms with Crippen LogP contribution in [0.4, 0.5) is 4.79 Å². The smallest absolute Gasteiger partial charge is 0.408 e. The molecule has 202 valence electrons. The first-order chi connectivity index (χ1) is 16.9. The van der Waals surface area contributed by atoms with Gasteiger partial charge >= 0.3 is 6.09 Å². The number of alkyl carbamates (subject to hydrolysis) is 1. The van der Waals surface area contributed by atoms with Crippen molar-refractivity contribution in [1.29, 1.82) is 0 Å². The number of carbonyl (C=O) groups is 3. The molecule has 2 unspecified atom stereocenters. The summed E-state index contributed by atoms with van der Waals surface area (Å²) >= 11 is 4.34. The lowest BCUT2D eigenvalue weighted by Crippen LogP contribution is -2.54. The number of amides is 3. The van der Waals surface area contributed by atoms with E-state index in [1.165, 1.54) is 0 Å². The summed E-state index contributed by atoms with van der Waals surface area (Å²) in [6.45, 7) is 15.4. The van der Waals surface area contributed by atoms with Gasteiger partial charge in [0, 0.05) is 18.3 Å². The average molecular weight is 520 g/mol. The van der Waals surface area contributed by atoms with Crippen LogP contribution in [0.2, 0.25) is 0 Å². The molecule has 7 nitrogen and oxygen atoms in total. The van der Waals surface area contributed by atoms with Crippen LogP contribution in [0.25, 0.3) is 6.08 Å². The number of carbonyl (C=O) groups excluding carboxylic acids is 3. The first kappa shape index (κ1) is 31.5. The standard InChI is InChI=1S/C28H45N3O4S/c1-8-10-11-12-13-17-31(26(33)23(19-36)30-27(34)35-28(5,6)7)24(25(32)29-20(3)4)22-16-14-15-21(9-2)18-22/h9,14-16,18,20,23-24,36H,2,8,10-13,17,19H2,1,3-7H3,(H,29,32)(H,30,34). The number of hydrogen-bond donors (Lipinski definition) is 3. The predicted octanol–water partition coefficient (Wildman–Crippen LogP) is 5.52. The molecule has 0 bridgehead atoms. The highest BCUT2D eigenvalue weighted by molar-refractivity contribution is 7.80. The van der Waals surface area contributed by atoms with Gasteiger partial charge in [0.05, 0.1) is 0 Å². The van der Waals surface area contributed by atoms with Crippen LogP contribution in [0.5, 0.6) is 0 Å². The van der Waals surface area contributed by atoms with Gasteiger partial charge in [-0.1, -0.05) is 63.5 Å². The lowest BCUT2D eigenvalue weighted by molar-refractivity contribution is -0.142. The van der Waals surface area contributed by atoms with Gasteiger partial charge in [-0.25, -0.2) is 4.79 Å². The van der Waals surface area contributed by atoms with Crippen LogP contribution >= 0.6 is 12.6 Å². The van der Waals surface area contributed by atoms with E-state index in [0.29, 0.717) is 12.1 Å². The fraction of sp³-hybridized carbons (Fsp3) is 0.607. The minimum absolute atomic E-state index is 0.0651. The maximum Gasteiger partial charge on any atom is 0.408 e. The third-order valence-electron chi connectivity index (χ3n) is 5.41. The molecule has 2 N–H and O–H groups in total. The summed E-state index contributed by atoms with van der Waals surface area (Å²) in [5, 5.41) is 5.61. The SMILES string of the molecule is C=Cc1cccc(C(C(=O)NC(C)C)N(CCCCCCC)C(=O)C(CS)NC(=O)OC(C)(C)C)c1. The van der Waals surface area contributed by atoms with E-state index >= 15 is 0 Å². The Bertz CT molecular complexity index is 867. The molecule has 0 fully saturated rings. The summed E-state index contributed by atoms with van der Waals surface area (Å²) in [4.78, 5) is 41.4. The van der Waals surface area contributed by atoms with E-state index < -0.39 is 23.8 Å². The van der Waals surface area contributed by atoms with Gasteiger partial charge in [-0.2, -0.15) is 12.6 Å². The molecule has 0 radical (unpaired) electrons. The summed E-state index contributed by atoms with van der Waals surface area (Å²) in [5.74, 6) is -0.585. The van der Waals surface area contributed by atoms with E-state index in [2.05, 4.69) is 36.8 Å². The molecule has 0 saturated carbocycles. The zero-order valence-corrected chi connectivity index (χ0v) is 23.7. The molecule has 0 aliphatic rings. The van der Waals surface area contributed by atoms with Gasteiger partial charge in [0.25, 0.3) is 0 Å². The molecule has 2 atom stereocenters. The van der Waals surface area contributed by atoms with Crippen molar-refractivity contribution in [2.45, 2.75) is 97.4 Å². The van der Waals surface area contributed by atoms with E-state index in [-0.39, 0.29) is 23.6 Å². The number of nitrogens with zero attached hydrogens (tertiary/aromatic N) is 1. The van der Waals surface area contributed by atoms with Gasteiger partial charge in [-0.15, -0.1) is 0 Å². The number of ether oxygens (including phenoxy) is 1. The Hall–Kier alpha value is -2.48. The third-order valence-corrected chi connectivity index (χ3v) is 5.78. The van der Waals surface area contributed by atoms with E-state index in [4.69, 9.17) is 4.74 Å². The number of hydrogen-bond acceptors (Lipinski definition) is 5. The Morgan fingerprint density at radius 1 is 1.11 bits per heavy atom. The van der Waals surface area contributed by atoms with Crippen LogP contribution in [0.3, 0.4) is 0 Å². The first-order valence-corrected chi connectivity index (χ1v) is 13.5. The molecule has 0 heterocycles. The molecular formula is C28H45N3O4S. The van der Waals surface area contributed by atoms with Crippen LogP contribution in [-0.4, -0.2) is 52.8 Å². The molecule has 3 amide bonds. The molecule has 0 saturated heterocycles. The molecule has 36 heavy (non-hydrogen) atoms. The molecule has 1 rings (SSSR count). The van der Waals surface area contributed by atoms with Crippen molar-refractivity contribution in [1.82, 2.24) is 15.5 Å². The first-order valence-electron chi connectivity index (χ1n) is 12.9. The quantitative estimate of drug-likeness (QED) is 0.223. The van der Waals surface area contributed by atoms with Crippen molar-refractivity contribution in [2.24, 2.45) is 0 Å². The highest BCUT2D eigenvalue weighted by atomic mass is 32.1. The zero-order chi connectivity index (χ0) is 27.3. The molecule has 0 aliphatic carbocycles. The van der Waals surface area contributed by atoms with E-state index in [0.717, 1.165) is 37.7 Å². The number of nitrogens with one attached hydrogen (secondary N) is 2. The van der Waals surface area contributed by atoms with Crippen molar-refractivity contribution >= 4 is 36.6 Å². The normalized spacial score (nSPS) is 13.0. The summed E-state index contributed by atoms with van der Waals surface area (Å²) < 4.78 is 5.36. The lowest BCUT2D eigenvalue weighted by Gasteiger charge is -2.34. The maximum absolute atomic E-state index is 13.9. The van der Waals surface area contributed by atoms with Crippen LogP contribution in [0.15, 0.2) is 30.8 Å². The molecule has 0 spiro atoms. The van der Waals surface area contributed by atoms with E-state index in [1.807, 2.05) is 38.1 Å². The van der Waals surface area contributed by atoms with Gasteiger partial charge < -0.3 is 20.3 Å². The molecule has 0 aromatic heterocycles. The topological polar surface area (TPSA) is 87.7 Å². The zero-order valence-electron chi connectivity index (χ0n) is 22.8. The van der Waals surface area contributed by atoms with Crippen molar-refractivity contribution in [2.75, 3.05) is 12.3 Å². The highest BCUT2D eigenvalue weighted by Gasteiger charge is 2.35. The van der Waals surface area contributed by atoms with Gasteiger partial charge in [-0.05, 0) is 58.2 Å². The fourth-order valence-corrected chi connectivity index (χ4v) is 4.03. The third kappa shape index (κ3) is 11.1. The fourth-order valence-electron chi connectivity index (χ4n) is 3.78. The second-order valence-electron chi connectivity index (χ2n) is 10.3. The van der Waals surface area contributed by atoms with Crippen LogP contribution in [-0.2, 0) is 14.3 Å². The number of thiol groups is 1. The molecule has 1 aromatic carbocycles. The summed E-state index contributed by atoms with van der Waals surface area (Å²) in [6, 6.07) is 5.53. The Kier molecular flexibility index (Phi) is 13.7. The monoisotopic (exact) mass is 519 g/mol. The molecule has 8 heteroatoms. The van der Waals surface area contributed by atoms with Crippen molar-refractivity contribution in [3.8, 4) is 0 Å². The second kappa shape index (κ2) is 15.6. The lowest BCUT2D eigenvalue weighted by atomic mass is 9.99. The average Bonchev–Trinajstić information content (AvgIpc) is 2.79. The van der Waals surface area contributed by atoms with Crippen molar-refractivity contribution in [3.63, 3.8) is 0 Å². The van der Waals surface area contributed by atoms with Crippen LogP contribution in [0.1, 0.15) is 90.8 Å². The molecular weight excluding hydrogens is 474 g/mol. The minimum Gasteiger partial charge on any atom is -0.444 e. The Labute approximate surface area is 222 Å². The Balaban J connectivity index is 3.39. The Morgan fingerprint density at radius 2 is 1.78 bits per heavy atom. The van der Waals surface area contributed by atoms with Gasteiger partial charge in [0.1, 0.15) is 17.7 Å². The van der Waals surface area contributed by atoms with Crippen LogP contribution in [0, 0.1) is 0 Å². The van der Waals surface area contributed by atoms with Gasteiger partial charge in [0.2, 0.25) is 11.8 Å². The Morgan fingerprint density at radius 3 is 2.33 bits per heavy atom. The maximum atomic E-state index is 13.9. The number of unbranched alkanes of at least 4 members (excludes halogenated alkanes) is 4. The largest absolute Gasteiger partial charge is 0.444 e. The molecule has 0 aliphatic heterocycles.